The molecule has 6 nitrogen and oxygen atoms in total. The van der Waals surface area contributed by atoms with Crippen molar-refractivity contribution >= 4 is 11.8 Å². The Labute approximate surface area is 152 Å². The molecule has 136 valence electrons. The highest BCUT2D eigenvalue weighted by atomic mass is 16.3. The molecule has 2 aromatic rings. The van der Waals surface area contributed by atoms with E-state index in [1.165, 1.54) is 12.8 Å². The minimum atomic E-state index is -0.119. The quantitative estimate of drug-likeness (QED) is 0.850. The first-order chi connectivity index (χ1) is 12.8. The van der Waals surface area contributed by atoms with Crippen molar-refractivity contribution in [1.82, 2.24) is 14.8 Å². The number of aromatic nitrogens is 1. The summed E-state index contributed by atoms with van der Waals surface area (Å²) in [4.78, 5) is 33.7. The van der Waals surface area contributed by atoms with Gasteiger partial charge in [0, 0.05) is 31.7 Å². The number of nitrogens with zero attached hydrogens (tertiary/aromatic N) is 3. The smallest absolute Gasteiger partial charge is 0.276 e. The zero-order chi connectivity index (χ0) is 17.9. The second-order valence-corrected chi connectivity index (χ2v) is 6.93. The van der Waals surface area contributed by atoms with E-state index in [4.69, 9.17) is 4.42 Å². The van der Waals surface area contributed by atoms with E-state index in [2.05, 4.69) is 4.98 Å². The molecule has 0 N–H and O–H groups in total. The molecular weight excluding hydrogens is 330 g/mol. The fourth-order valence-corrected chi connectivity index (χ4v) is 3.79. The number of amides is 2. The molecule has 2 aliphatic heterocycles. The summed E-state index contributed by atoms with van der Waals surface area (Å²) in [6.07, 6.45) is 6.57. The third kappa shape index (κ3) is 3.11. The van der Waals surface area contributed by atoms with Crippen molar-refractivity contribution < 1.29 is 14.0 Å². The van der Waals surface area contributed by atoms with Gasteiger partial charge in [-0.15, -0.1) is 0 Å². The van der Waals surface area contributed by atoms with Gasteiger partial charge >= 0.3 is 0 Å². The minimum absolute atomic E-state index is 0.00345. The molecule has 1 aromatic carbocycles. The Morgan fingerprint density at radius 1 is 0.846 bits per heavy atom. The molecule has 2 fully saturated rings. The number of likely N-dealkylation sites (tertiary alicyclic amines) is 2. The third-order valence-corrected chi connectivity index (χ3v) is 5.21. The van der Waals surface area contributed by atoms with Gasteiger partial charge in [-0.25, -0.2) is 4.98 Å². The highest BCUT2D eigenvalue weighted by Crippen LogP contribution is 2.29. The van der Waals surface area contributed by atoms with Crippen molar-refractivity contribution in [3.05, 3.63) is 41.9 Å². The number of carbonyl (C=O) groups excluding carboxylic acids is 2. The normalized spacial score (nSPS) is 17.5. The first-order valence-corrected chi connectivity index (χ1v) is 9.37. The van der Waals surface area contributed by atoms with Crippen LogP contribution in [-0.4, -0.2) is 52.8 Å². The van der Waals surface area contributed by atoms with E-state index >= 15 is 0 Å². The van der Waals surface area contributed by atoms with Gasteiger partial charge in [0.25, 0.3) is 11.8 Å². The van der Waals surface area contributed by atoms with E-state index < -0.39 is 0 Å². The van der Waals surface area contributed by atoms with Crippen LogP contribution in [-0.2, 0) is 0 Å². The number of rotatable bonds is 3. The molecule has 0 aliphatic carbocycles. The molecule has 2 aliphatic rings. The molecule has 6 heteroatoms. The Morgan fingerprint density at radius 3 is 2.19 bits per heavy atom. The van der Waals surface area contributed by atoms with Gasteiger partial charge in [0.1, 0.15) is 0 Å². The molecule has 26 heavy (non-hydrogen) atoms. The van der Waals surface area contributed by atoms with Gasteiger partial charge in [-0.05, 0) is 38.2 Å². The Morgan fingerprint density at radius 2 is 1.46 bits per heavy atom. The van der Waals surface area contributed by atoms with Crippen LogP contribution < -0.4 is 0 Å². The molecule has 0 unspecified atom stereocenters. The van der Waals surface area contributed by atoms with Gasteiger partial charge in [-0.2, -0.15) is 0 Å². The van der Waals surface area contributed by atoms with E-state index in [0.29, 0.717) is 22.6 Å². The Hall–Kier alpha value is -2.63. The van der Waals surface area contributed by atoms with Crippen molar-refractivity contribution in [3.63, 3.8) is 0 Å². The third-order valence-electron chi connectivity index (χ3n) is 5.21. The average Bonchev–Trinajstić information content (AvgIpc) is 3.39. The van der Waals surface area contributed by atoms with Crippen molar-refractivity contribution in [2.24, 2.45) is 0 Å². The van der Waals surface area contributed by atoms with Crippen molar-refractivity contribution in [1.29, 1.82) is 0 Å². The standard InChI is InChI=1S/C20H23N3O3/c24-19(22-10-4-1-5-11-22)16-9-3-2-8-15(16)18-17(21-14-26-18)20(25)23-12-6-7-13-23/h2-3,8-9,14H,1,4-7,10-13H2. The predicted octanol–water partition coefficient (Wildman–Crippen LogP) is 3.20. The largest absolute Gasteiger partial charge is 0.443 e. The zero-order valence-corrected chi connectivity index (χ0v) is 14.8. The molecule has 0 spiro atoms. The Bertz CT molecular complexity index is 802. The maximum atomic E-state index is 13.0. The molecule has 0 radical (unpaired) electrons. The van der Waals surface area contributed by atoms with Crippen LogP contribution in [0.15, 0.2) is 35.1 Å². The SMILES string of the molecule is O=C(c1ccccc1-c1ocnc1C(=O)N1CCCC1)N1CCCCC1. The molecule has 4 rings (SSSR count). The predicted molar refractivity (Wildman–Crippen MR) is 96.8 cm³/mol. The van der Waals surface area contributed by atoms with Crippen LogP contribution in [0.1, 0.15) is 53.0 Å². The lowest BCUT2D eigenvalue weighted by molar-refractivity contribution is 0.0723. The lowest BCUT2D eigenvalue weighted by Gasteiger charge is -2.27. The summed E-state index contributed by atoms with van der Waals surface area (Å²) in [6.45, 7) is 3.06. The molecule has 2 amide bonds. The summed E-state index contributed by atoms with van der Waals surface area (Å²) >= 11 is 0. The van der Waals surface area contributed by atoms with Gasteiger partial charge in [-0.3, -0.25) is 9.59 Å². The van der Waals surface area contributed by atoms with Crippen LogP contribution in [0.4, 0.5) is 0 Å². The van der Waals surface area contributed by atoms with Gasteiger partial charge in [0.15, 0.2) is 17.8 Å². The lowest BCUT2D eigenvalue weighted by atomic mass is 10.0. The van der Waals surface area contributed by atoms with Crippen LogP contribution >= 0.6 is 0 Å². The molecule has 2 saturated heterocycles. The van der Waals surface area contributed by atoms with E-state index in [-0.39, 0.29) is 11.8 Å². The van der Waals surface area contributed by atoms with Gasteiger partial charge < -0.3 is 14.2 Å². The maximum Gasteiger partial charge on any atom is 0.276 e. The molecule has 1 aromatic heterocycles. The van der Waals surface area contributed by atoms with Crippen LogP contribution in [0, 0.1) is 0 Å². The van der Waals surface area contributed by atoms with Crippen molar-refractivity contribution in [2.45, 2.75) is 32.1 Å². The van der Waals surface area contributed by atoms with E-state index in [1.807, 2.05) is 23.1 Å². The fraction of sp³-hybridized carbons (Fsp3) is 0.450. The minimum Gasteiger partial charge on any atom is -0.443 e. The molecule has 3 heterocycles. The van der Waals surface area contributed by atoms with E-state index in [9.17, 15) is 9.59 Å². The maximum absolute atomic E-state index is 13.0. The van der Waals surface area contributed by atoms with Crippen LogP contribution in [0.2, 0.25) is 0 Å². The topological polar surface area (TPSA) is 66.7 Å². The highest BCUT2D eigenvalue weighted by molar-refractivity contribution is 6.04. The molecular formula is C20H23N3O3. The van der Waals surface area contributed by atoms with Crippen LogP contribution in [0.25, 0.3) is 11.3 Å². The summed E-state index contributed by atoms with van der Waals surface area (Å²) in [5.74, 6) is 0.269. The number of hydrogen-bond acceptors (Lipinski definition) is 4. The fourth-order valence-electron chi connectivity index (χ4n) is 3.79. The Balaban J connectivity index is 1.68. The summed E-state index contributed by atoms with van der Waals surface area (Å²) in [6, 6.07) is 7.34. The van der Waals surface area contributed by atoms with Crippen LogP contribution in [0.5, 0.6) is 0 Å². The monoisotopic (exact) mass is 353 g/mol. The lowest BCUT2D eigenvalue weighted by Crippen LogP contribution is -2.35. The van der Waals surface area contributed by atoms with Gasteiger partial charge in [-0.1, -0.05) is 18.2 Å². The summed E-state index contributed by atoms with van der Waals surface area (Å²) < 4.78 is 5.58. The summed E-state index contributed by atoms with van der Waals surface area (Å²) in [7, 11) is 0. The molecule has 0 bridgehead atoms. The first kappa shape index (κ1) is 16.8. The number of carbonyl (C=O) groups is 2. The number of oxazole rings is 1. The summed E-state index contributed by atoms with van der Waals surface area (Å²) in [5, 5.41) is 0. The Kier molecular flexibility index (Phi) is 4.73. The molecule has 0 saturated carbocycles. The second kappa shape index (κ2) is 7.32. The van der Waals surface area contributed by atoms with Crippen molar-refractivity contribution in [2.75, 3.05) is 26.2 Å². The van der Waals surface area contributed by atoms with Gasteiger partial charge in [0.05, 0.1) is 5.56 Å². The summed E-state index contributed by atoms with van der Waals surface area (Å²) in [5.41, 5.74) is 1.51. The van der Waals surface area contributed by atoms with Gasteiger partial charge in [0.2, 0.25) is 0 Å². The molecule has 0 atom stereocenters. The second-order valence-electron chi connectivity index (χ2n) is 6.93. The van der Waals surface area contributed by atoms with Crippen LogP contribution in [0.3, 0.4) is 0 Å². The first-order valence-electron chi connectivity index (χ1n) is 9.37. The average molecular weight is 353 g/mol. The van der Waals surface area contributed by atoms with E-state index in [1.54, 1.807) is 11.0 Å². The number of hydrogen-bond donors (Lipinski definition) is 0. The van der Waals surface area contributed by atoms with E-state index in [0.717, 1.165) is 51.9 Å². The number of piperidine rings is 1. The highest BCUT2D eigenvalue weighted by Gasteiger charge is 2.29. The number of benzene rings is 1. The van der Waals surface area contributed by atoms with Crippen molar-refractivity contribution in [3.8, 4) is 11.3 Å². The zero-order valence-electron chi connectivity index (χ0n) is 14.8.